The maximum atomic E-state index is 6.38. The highest BCUT2D eigenvalue weighted by Crippen LogP contribution is 2.46. The molecule has 3 fully saturated rings. The summed E-state index contributed by atoms with van der Waals surface area (Å²) in [5.74, 6) is 1.52. The molecule has 0 aliphatic carbocycles. The van der Waals surface area contributed by atoms with Gasteiger partial charge in [0.15, 0.2) is 0 Å². The molecular formula is C18H21N3O2. The summed E-state index contributed by atoms with van der Waals surface area (Å²) in [5.41, 5.74) is 3.41. The van der Waals surface area contributed by atoms with Gasteiger partial charge in [-0.05, 0) is 38.1 Å². The number of rotatable bonds is 3. The Balaban J connectivity index is 1.34. The van der Waals surface area contributed by atoms with Gasteiger partial charge in [-0.1, -0.05) is 0 Å². The second-order valence-electron chi connectivity index (χ2n) is 7.07. The second-order valence-corrected chi connectivity index (χ2v) is 7.07. The average Bonchev–Trinajstić information content (AvgIpc) is 3.20. The summed E-state index contributed by atoms with van der Waals surface area (Å²) in [6, 6.07) is 4.17. The Hall–Kier alpha value is -2.01. The Labute approximate surface area is 135 Å². The van der Waals surface area contributed by atoms with E-state index in [9.17, 15) is 0 Å². The van der Waals surface area contributed by atoms with Gasteiger partial charge in [-0.25, -0.2) is 4.98 Å². The molecule has 4 aliphatic heterocycles. The zero-order valence-corrected chi connectivity index (χ0v) is 13.1. The molecule has 2 aromatic rings. The zero-order chi connectivity index (χ0) is 15.3. The maximum Gasteiger partial charge on any atom is 0.217 e. The van der Waals surface area contributed by atoms with E-state index in [-0.39, 0.29) is 5.60 Å². The predicted octanol–water partition coefficient (Wildman–Crippen LogP) is 2.69. The molecule has 2 bridgehead atoms. The van der Waals surface area contributed by atoms with Crippen LogP contribution in [0, 0.1) is 5.92 Å². The number of fused-ring (bicyclic) bond motifs is 3. The molecule has 0 radical (unpaired) electrons. The number of hydrogen-bond donors (Lipinski definition) is 1. The zero-order valence-electron chi connectivity index (χ0n) is 13.1. The topological polar surface area (TPSA) is 50.5 Å². The lowest BCUT2D eigenvalue weighted by Crippen LogP contribution is -2.61. The number of aromatic nitrogens is 1. The van der Waals surface area contributed by atoms with Gasteiger partial charge in [-0.2, -0.15) is 0 Å². The van der Waals surface area contributed by atoms with E-state index in [4.69, 9.17) is 9.15 Å². The first-order valence-electron chi connectivity index (χ1n) is 8.46. The van der Waals surface area contributed by atoms with Crippen LogP contribution in [0.2, 0.25) is 0 Å². The highest BCUT2D eigenvalue weighted by molar-refractivity contribution is 5.49. The molecule has 6 heterocycles. The Morgan fingerprint density at radius 2 is 2.26 bits per heavy atom. The quantitative estimate of drug-likeness (QED) is 0.944. The minimum Gasteiger partial charge on any atom is -0.472 e. The fraction of sp³-hybridized carbons (Fsp3) is 0.500. The standard InChI is InChI=1S/C18H21N3O2/c1-4-21-5-2-15(1)18(12-21)8-14-7-16(10-20-17(14)23-18)19-9-13-3-6-22-11-13/h3,6-7,10-11,15,19H,1-2,4-5,8-9,12H2/t18-/m0/s1. The van der Waals surface area contributed by atoms with E-state index in [1.54, 1.807) is 12.5 Å². The minimum atomic E-state index is -0.0188. The highest BCUT2D eigenvalue weighted by Gasteiger charge is 2.52. The number of hydrogen-bond acceptors (Lipinski definition) is 5. The van der Waals surface area contributed by atoms with Gasteiger partial charge in [0.1, 0.15) is 5.60 Å². The number of pyridine rings is 1. The smallest absolute Gasteiger partial charge is 0.217 e. The van der Waals surface area contributed by atoms with Crippen molar-refractivity contribution in [3.63, 3.8) is 0 Å². The van der Waals surface area contributed by atoms with Crippen LogP contribution < -0.4 is 10.1 Å². The first kappa shape index (κ1) is 13.4. The van der Waals surface area contributed by atoms with Crippen molar-refractivity contribution in [2.75, 3.05) is 25.0 Å². The van der Waals surface area contributed by atoms with Crippen molar-refractivity contribution in [1.82, 2.24) is 9.88 Å². The Bertz CT molecular complexity index is 707. The lowest BCUT2D eigenvalue weighted by Gasteiger charge is -2.50. The van der Waals surface area contributed by atoms with Crippen molar-refractivity contribution in [2.45, 2.75) is 31.4 Å². The largest absolute Gasteiger partial charge is 0.472 e. The van der Waals surface area contributed by atoms with E-state index in [2.05, 4.69) is 21.3 Å². The third kappa shape index (κ3) is 2.22. The molecule has 0 amide bonds. The van der Waals surface area contributed by atoms with Crippen LogP contribution >= 0.6 is 0 Å². The van der Waals surface area contributed by atoms with Crippen molar-refractivity contribution in [1.29, 1.82) is 0 Å². The van der Waals surface area contributed by atoms with Gasteiger partial charge >= 0.3 is 0 Å². The van der Waals surface area contributed by atoms with Crippen LogP contribution in [0.3, 0.4) is 0 Å². The lowest BCUT2D eigenvalue weighted by molar-refractivity contribution is -0.0814. The molecule has 1 N–H and O–H groups in total. The fourth-order valence-corrected chi connectivity index (χ4v) is 4.40. The van der Waals surface area contributed by atoms with E-state index in [1.165, 1.54) is 31.5 Å². The van der Waals surface area contributed by atoms with Gasteiger partial charge < -0.3 is 14.5 Å². The molecule has 23 heavy (non-hydrogen) atoms. The van der Waals surface area contributed by atoms with Gasteiger partial charge in [0.25, 0.3) is 0 Å². The summed E-state index contributed by atoms with van der Waals surface area (Å²) in [4.78, 5) is 7.11. The molecule has 5 heteroatoms. The highest BCUT2D eigenvalue weighted by atomic mass is 16.5. The number of furan rings is 1. The van der Waals surface area contributed by atoms with Crippen LogP contribution in [0.5, 0.6) is 5.88 Å². The van der Waals surface area contributed by atoms with Crippen LogP contribution in [0.15, 0.2) is 35.3 Å². The molecule has 3 saturated heterocycles. The lowest BCUT2D eigenvalue weighted by atomic mass is 9.73. The molecule has 0 saturated carbocycles. The molecular weight excluding hydrogens is 290 g/mol. The van der Waals surface area contributed by atoms with Crippen LogP contribution in [-0.4, -0.2) is 35.1 Å². The van der Waals surface area contributed by atoms with E-state index < -0.39 is 0 Å². The van der Waals surface area contributed by atoms with Crippen LogP contribution in [-0.2, 0) is 13.0 Å². The molecule has 4 aliphatic rings. The predicted molar refractivity (Wildman–Crippen MR) is 86.5 cm³/mol. The number of ether oxygens (including phenoxy) is 1. The van der Waals surface area contributed by atoms with Gasteiger partial charge in [0, 0.05) is 36.6 Å². The van der Waals surface area contributed by atoms with E-state index >= 15 is 0 Å². The maximum absolute atomic E-state index is 6.38. The van der Waals surface area contributed by atoms with E-state index in [0.29, 0.717) is 5.92 Å². The summed E-state index contributed by atoms with van der Waals surface area (Å²) < 4.78 is 11.5. The summed E-state index contributed by atoms with van der Waals surface area (Å²) in [5, 5.41) is 3.41. The van der Waals surface area contributed by atoms with Crippen molar-refractivity contribution < 1.29 is 9.15 Å². The Morgan fingerprint density at radius 1 is 1.35 bits per heavy atom. The number of nitrogens with zero attached hydrogens (tertiary/aromatic N) is 2. The van der Waals surface area contributed by atoms with Gasteiger partial charge in [0.05, 0.1) is 24.4 Å². The summed E-state index contributed by atoms with van der Waals surface area (Å²) >= 11 is 0. The molecule has 5 nitrogen and oxygen atoms in total. The molecule has 0 aromatic carbocycles. The van der Waals surface area contributed by atoms with Gasteiger partial charge in [-0.15, -0.1) is 0 Å². The SMILES string of the molecule is c1cc(CNc2cnc3c(c2)C[C@@]2(CN4CCC2CC4)O3)co1. The molecule has 0 unspecified atom stereocenters. The van der Waals surface area contributed by atoms with E-state index in [0.717, 1.165) is 36.6 Å². The fourth-order valence-electron chi connectivity index (χ4n) is 4.40. The number of piperidine rings is 3. The third-order valence-corrected chi connectivity index (χ3v) is 5.61. The second kappa shape index (κ2) is 4.99. The monoisotopic (exact) mass is 311 g/mol. The summed E-state index contributed by atoms with van der Waals surface area (Å²) in [6.45, 7) is 4.28. The molecule has 2 aromatic heterocycles. The summed E-state index contributed by atoms with van der Waals surface area (Å²) in [7, 11) is 0. The van der Waals surface area contributed by atoms with Crippen LogP contribution in [0.1, 0.15) is 24.0 Å². The molecule has 6 rings (SSSR count). The first-order valence-corrected chi connectivity index (χ1v) is 8.46. The van der Waals surface area contributed by atoms with Gasteiger partial charge in [-0.3, -0.25) is 4.90 Å². The van der Waals surface area contributed by atoms with Crippen molar-refractivity contribution in [3.05, 3.63) is 42.0 Å². The van der Waals surface area contributed by atoms with Crippen LogP contribution in [0.4, 0.5) is 5.69 Å². The molecule has 1 spiro atoms. The number of anilines is 1. The van der Waals surface area contributed by atoms with Crippen molar-refractivity contribution in [3.8, 4) is 5.88 Å². The average molecular weight is 311 g/mol. The normalized spacial score (nSPS) is 31.1. The number of nitrogens with one attached hydrogen (secondary N) is 1. The van der Waals surface area contributed by atoms with Gasteiger partial charge in [0.2, 0.25) is 5.88 Å². The Morgan fingerprint density at radius 3 is 3.00 bits per heavy atom. The molecule has 120 valence electrons. The van der Waals surface area contributed by atoms with E-state index in [1.807, 2.05) is 12.3 Å². The molecule has 1 atom stereocenters. The minimum absolute atomic E-state index is 0.0188. The summed E-state index contributed by atoms with van der Waals surface area (Å²) in [6.07, 6.45) is 8.86. The van der Waals surface area contributed by atoms with Crippen LogP contribution in [0.25, 0.3) is 0 Å². The van der Waals surface area contributed by atoms with Crippen molar-refractivity contribution in [2.24, 2.45) is 5.92 Å². The third-order valence-electron chi connectivity index (χ3n) is 5.61. The first-order chi connectivity index (χ1) is 11.3. The van der Waals surface area contributed by atoms with Crippen molar-refractivity contribution >= 4 is 5.69 Å². The Kier molecular flexibility index (Phi) is 2.92.